The zero-order chi connectivity index (χ0) is 23.4. The highest BCUT2D eigenvalue weighted by molar-refractivity contribution is 7.89. The molecule has 2 aliphatic rings. The lowest BCUT2D eigenvalue weighted by Gasteiger charge is -2.30. The minimum absolute atomic E-state index is 0.0477. The van der Waals surface area contributed by atoms with Crippen LogP contribution < -0.4 is 5.32 Å². The largest absolute Gasteiger partial charge is 0.356 e. The predicted molar refractivity (Wildman–Crippen MR) is 128 cm³/mol. The number of nitrogens with zero attached hydrogens (tertiary/aromatic N) is 4. The number of carbonyl (C=O) groups is 1. The van der Waals surface area contributed by atoms with Gasteiger partial charge in [0, 0.05) is 25.6 Å². The van der Waals surface area contributed by atoms with Crippen molar-refractivity contribution in [1.29, 1.82) is 0 Å². The molecule has 0 spiro atoms. The normalized spacial score (nSPS) is 19.4. The summed E-state index contributed by atoms with van der Waals surface area (Å²) in [6.45, 7) is 5.51. The fourth-order valence-corrected chi connectivity index (χ4v) is 6.20. The van der Waals surface area contributed by atoms with E-state index in [9.17, 15) is 13.2 Å². The maximum absolute atomic E-state index is 13.2. The first kappa shape index (κ1) is 23.9. The average molecular weight is 474 g/mol. The van der Waals surface area contributed by atoms with E-state index in [0.29, 0.717) is 38.0 Å². The smallest absolute Gasteiger partial charge is 0.243 e. The standard InChI is InChI=1S/C24H35N5O3S/c1-3-18(2)29-23-10-9-21(17-22(23)26-27-29)33(31,32)28-15-12-20(13-16-28)24(30)25-14-11-19-7-5-4-6-8-19/h7,9-10,17-18,20H,3-6,8,11-16H2,1-2H3,(H,25,30)/t18-/m0/s1. The first-order chi connectivity index (χ1) is 15.9. The molecule has 1 aromatic heterocycles. The van der Waals surface area contributed by atoms with Crippen molar-refractivity contribution in [2.45, 2.75) is 76.2 Å². The second-order valence-corrected chi connectivity index (χ2v) is 11.2. The molecule has 1 aliphatic heterocycles. The number of allylic oxidation sites excluding steroid dienone is 1. The van der Waals surface area contributed by atoms with Gasteiger partial charge >= 0.3 is 0 Å². The topological polar surface area (TPSA) is 97.2 Å². The maximum Gasteiger partial charge on any atom is 0.243 e. The van der Waals surface area contributed by atoms with E-state index in [-0.39, 0.29) is 22.8 Å². The fourth-order valence-electron chi connectivity index (χ4n) is 4.71. The van der Waals surface area contributed by atoms with Crippen LogP contribution in [0, 0.1) is 5.92 Å². The van der Waals surface area contributed by atoms with E-state index < -0.39 is 10.0 Å². The second-order valence-electron chi connectivity index (χ2n) is 9.27. The summed E-state index contributed by atoms with van der Waals surface area (Å²) in [6.07, 6.45) is 10.0. The third kappa shape index (κ3) is 5.30. The number of piperidine rings is 1. The molecule has 0 radical (unpaired) electrons. The maximum atomic E-state index is 13.2. The summed E-state index contributed by atoms with van der Waals surface area (Å²) in [5.41, 5.74) is 2.87. The number of fused-ring (bicyclic) bond motifs is 1. The molecule has 1 aliphatic carbocycles. The van der Waals surface area contributed by atoms with Crippen molar-refractivity contribution in [3.8, 4) is 0 Å². The average Bonchev–Trinajstić information content (AvgIpc) is 3.27. The number of rotatable bonds is 8. The number of benzene rings is 1. The second kappa shape index (κ2) is 10.3. The van der Waals surface area contributed by atoms with Crippen molar-refractivity contribution in [1.82, 2.24) is 24.6 Å². The Balaban J connectivity index is 1.33. The Morgan fingerprint density at radius 1 is 1.24 bits per heavy atom. The molecule has 1 atom stereocenters. The number of aromatic nitrogens is 3. The summed E-state index contributed by atoms with van der Waals surface area (Å²) in [7, 11) is -3.63. The third-order valence-electron chi connectivity index (χ3n) is 7.04. The summed E-state index contributed by atoms with van der Waals surface area (Å²) in [5, 5.41) is 11.4. The number of sulfonamides is 1. The van der Waals surface area contributed by atoms with Crippen LogP contribution in [0.5, 0.6) is 0 Å². The third-order valence-corrected chi connectivity index (χ3v) is 8.94. The van der Waals surface area contributed by atoms with Gasteiger partial charge in [-0.15, -0.1) is 5.10 Å². The van der Waals surface area contributed by atoms with Crippen molar-refractivity contribution in [3.05, 3.63) is 29.8 Å². The number of amides is 1. The Hall–Kier alpha value is -2.26. The van der Waals surface area contributed by atoms with Crippen LogP contribution >= 0.6 is 0 Å². The van der Waals surface area contributed by atoms with Crippen LogP contribution in [0.4, 0.5) is 0 Å². The molecular formula is C24H35N5O3S. The molecule has 2 heterocycles. The van der Waals surface area contributed by atoms with Crippen LogP contribution in [-0.4, -0.2) is 53.3 Å². The van der Waals surface area contributed by atoms with Gasteiger partial charge in [-0.05, 0) is 76.5 Å². The lowest BCUT2D eigenvalue weighted by Crippen LogP contribution is -2.43. The van der Waals surface area contributed by atoms with Gasteiger partial charge in [-0.1, -0.05) is 23.8 Å². The number of hydrogen-bond donors (Lipinski definition) is 1. The molecule has 4 rings (SSSR count). The molecular weight excluding hydrogens is 438 g/mol. The number of hydrogen-bond acceptors (Lipinski definition) is 5. The van der Waals surface area contributed by atoms with Crippen molar-refractivity contribution in [3.63, 3.8) is 0 Å². The van der Waals surface area contributed by atoms with Gasteiger partial charge in [0.25, 0.3) is 0 Å². The lowest BCUT2D eigenvalue weighted by atomic mass is 9.96. The highest BCUT2D eigenvalue weighted by atomic mass is 32.2. The van der Waals surface area contributed by atoms with Crippen LogP contribution in [0.15, 0.2) is 34.7 Å². The highest BCUT2D eigenvalue weighted by Crippen LogP contribution is 2.27. The Morgan fingerprint density at radius 3 is 2.73 bits per heavy atom. The van der Waals surface area contributed by atoms with Crippen LogP contribution in [0.25, 0.3) is 11.0 Å². The summed E-state index contributed by atoms with van der Waals surface area (Å²) < 4.78 is 29.8. The van der Waals surface area contributed by atoms with E-state index in [0.717, 1.165) is 31.2 Å². The molecule has 1 aromatic carbocycles. The summed E-state index contributed by atoms with van der Waals surface area (Å²) in [4.78, 5) is 12.8. The van der Waals surface area contributed by atoms with Crippen LogP contribution in [0.1, 0.15) is 71.3 Å². The Labute approximate surface area is 196 Å². The van der Waals surface area contributed by atoms with Gasteiger partial charge in [-0.25, -0.2) is 13.1 Å². The molecule has 1 amide bonds. The van der Waals surface area contributed by atoms with Crippen molar-refractivity contribution in [2.75, 3.05) is 19.6 Å². The van der Waals surface area contributed by atoms with E-state index in [4.69, 9.17) is 0 Å². The van der Waals surface area contributed by atoms with Gasteiger partial charge in [0.1, 0.15) is 5.52 Å². The lowest BCUT2D eigenvalue weighted by molar-refractivity contribution is -0.126. The zero-order valence-corrected chi connectivity index (χ0v) is 20.5. The quantitative estimate of drug-likeness (QED) is 0.588. The van der Waals surface area contributed by atoms with E-state index in [1.807, 2.05) is 4.68 Å². The van der Waals surface area contributed by atoms with Gasteiger partial charge < -0.3 is 5.32 Å². The number of nitrogens with one attached hydrogen (secondary N) is 1. The Kier molecular flexibility index (Phi) is 7.48. The molecule has 1 fully saturated rings. The van der Waals surface area contributed by atoms with Gasteiger partial charge in [0.05, 0.1) is 16.5 Å². The summed E-state index contributed by atoms with van der Waals surface area (Å²) >= 11 is 0. The predicted octanol–water partition coefficient (Wildman–Crippen LogP) is 3.81. The molecule has 1 saturated heterocycles. The highest BCUT2D eigenvalue weighted by Gasteiger charge is 2.32. The van der Waals surface area contributed by atoms with E-state index >= 15 is 0 Å². The van der Waals surface area contributed by atoms with Gasteiger partial charge in [0.2, 0.25) is 15.9 Å². The van der Waals surface area contributed by atoms with Crippen LogP contribution in [0.2, 0.25) is 0 Å². The molecule has 0 unspecified atom stereocenters. The summed E-state index contributed by atoms with van der Waals surface area (Å²) in [5.74, 6) is -0.0822. The van der Waals surface area contributed by atoms with Gasteiger partial charge in [-0.2, -0.15) is 4.31 Å². The zero-order valence-electron chi connectivity index (χ0n) is 19.7. The molecule has 1 N–H and O–H groups in total. The number of carbonyl (C=O) groups excluding carboxylic acids is 1. The van der Waals surface area contributed by atoms with E-state index in [1.165, 1.54) is 22.7 Å². The van der Waals surface area contributed by atoms with Gasteiger partial charge in [0.15, 0.2) is 0 Å². The van der Waals surface area contributed by atoms with Gasteiger partial charge in [-0.3, -0.25) is 4.79 Å². The monoisotopic (exact) mass is 473 g/mol. The van der Waals surface area contributed by atoms with E-state index in [1.54, 1.807) is 18.2 Å². The molecule has 33 heavy (non-hydrogen) atoms. The van der Waals surface area contributed by atoms with Crippen molar-refractivity contribution in [2.24, 2.45) is 5.92 Å². The SMILES string of the molecule is CC[C@H](C)n1nnc2cc(S(=O)(=O)N3CCC(C(=O)NCCC4=CCCCC4)CC3)ccc21. The first-order valence-electron chi connectivity index (χ1n) is 12.2. The Morgan fingerprint density at radius 2 is 2.03 bits per heavy atom. The van der Waals surface area contributed by atoms with Crippen LogP contribution in [-0.2, 0) is 14.8 Å². The Bertz CT molecular complexity index is 1120. The van der Waals surface area contributed by atoms with Crippen LogP contribution in [0.3, 0.4) is 0 Å². The minimum atomic E-state index is -3.63. The van der Waals surface area contributed by atoms with Crippen molar-refractivity contribution < 1.29 is 13.2 Å². The molecule has 9 heteroatoms. The van der Waals surface area contributed by atoms with Crippen molar-refractivity contribution >= 4 is 27.0 Å². The molecule has 2 aromatic rings. The van der Waals surface area contributed by atoms with E-state index in [2.05, 4.69) is 35.6 Å². The summed E-state index contributed by atoms with van der Waals surface area (Å²) in [6, 6.07) is 5.23. The molecule has 0 saturated carbocycles. The first-order valence-corrected chi connectivity index (χ1v) is 13.6. The molecule has 8 nitrogen and oxygen atoms in total. The minimum Gasteiger partial charge on any atom is -0.356 e. The molecule has 0 bridgehead atoms. The fraction of sp³-hybridized carbons (Fsp3) is 0.625. The molecule has 180 valence electrons.